The van der Waals surface area contributed by atoms with Crippen molar-refractivity contribution in [3.05, 3.63) is 33.7 Å². The van der Waals surface area contributed by atoms with Gasteiger partial charge in [0.25, 0.3) is 5.91 Å². The Morgan fingerprint density at radius 3 is 1.88 bits per heavy atom. The van der Waals surface area contributed by atoms with Gasteiger partial charge in [0.1, 0.15) is 12.0 Å². The number of benzene rings is 1. The average Bonchev–Trinajstić information content (AvgIpc) is 2.64. The SMILES string of the molecule is CCS1(CC)CCN(CP(=O)(O)O)C(=O)/C1=C\c1cc(C(C)(C)C)c(O)c(C(C)(C)C)c1. The predicted molar refractivity (Wildman–Crippen MR) is 136 cm³/mol. The third-order valence-electron chi connectivity index (χ3n) is 6.22. The smallest absolute Gasteiger partial charge is 0.344 e. The van der Waals surface area contributed by atoms with Crippen LogP contribution in [0.4, 0.5) is 0 Å². The van der Waals surface area contributed by atoms with Crippen molar-refractivity contribution in [3.8, 4) is 5.75 Å². The first-order valence-corrected chi connectivity index (χ1v) is 15.1. The van der Waals surface area contributed by atoms with Crippen LogP contribution in [0.1, 0.15) is 72.1 Å². The first kappa shape index (κ1) is 27.0. The standard InChI is InChI=1S/C24H40NO5PS/c1-9-32(10-2)12-11-25(16-31(28,29)30)22(27)20(32)15-17-13-18(23(3,4)5)21(26)19(14-17)24(6,7)8/h13-15,26H,9-12,16H2,1-8H3,(H2,28,29,30)/b20-15+. The Kier molecular flexibility index (Phi) is 7.73. The van der Waals surface area contributed by atoms with Gasteiger partial charge in [-0.15, -0.1) is 0 Å². The lowest BCUT2D eigenvalue weighted by Gasteiger charge is -2.47. The second kappa shape index (κ2) is 9.17. The second-order valence-corrected chi connectivity index (χ2v) is 16.4. The van der Waals surface area contributed by atoms with Gasteiger partial charge < -0.3 is 19.8 Å². The van der Waals surface area contributed by atoms with E-state index >= 15 is 0 Å². The van der Waals surface area contributed by atoms with E-state index in [1.54, 1.807) is 0 Å². The van der Waals surface area contributed by atoms with Crippen LogP contribution in [0, 0.1) is 0 Å². The molecule has 8 heteroatoms. The number of phenols is 1. The van der Waals surface area contributed by atoms with Crippen molar-refractivity contribution in [2.45, 2.75) is 66.2 Å². The number of hydrogen-bond acceptors (Lipinski definition) is 3. The summed E-state index contributed by atoms with van der Waals surface area (Å²) < 4.78 is 11.6. The Labute approximate surface area is 194 Å². The van der Waals surface area contributed by atoms with Crippen LogP contribution in [0.5, 0.6) is 5.75 Å². The van der Waals surface area contributed by atoms with E-state index in [-0.39, 0.29) is 22.5 Å². The highest BCUT2D eigenvalue weighted by Crippen LogP contribution is 2.58. The van der Waals surface area contributed by atoms with Crippen molar-refractivity contribution < 1.29 is 24.3 Å². The summed E-state index contributed by atoms with van der Waals surface area (Å²) >= 11 is 0. The van der Waals surface area contributed by atoms with Crippen molar-refractivity contribution in [2.75, 3.05) is 30.1 Å². The van der Waals surface area contributed by atoms with Crippen LogP contribution in [0.25, 0.3) is 6.08 Å². The van der Waals surface area contributed by atoms with Crippen molar-refractivity contribution in [1.82, 2.24) is 4.90 Å². The first-order valence-electron chi connectivity index (χ1n) is 11.1. The second-order valence-electron chi connectivity index (χ2n) is 10.7. The van der Waals surface area contributed by atoms with Gasteiger partial charge in [-0.2, -0.15) is 0 Å². The molecule has 182 valence electrons. The zero-order valence-electron chi connectivity index (χ0n) is 20.7. The van der Waals surface area contributed by atoms with Gasteiger partial charge in [0.15, 0.2) is 0 Å². The number of carbonyl (C=O) groups is 1. The van der Waals surface area contributed by atoms with Crippen LogP contribution in [0.2, 0.25) is 0 Å². The molecule has 0 aromatic heterocycles. The van der Waals surface area contributed by atoms with Crippen molar-refractivity contribution >= 4 is 29.6 Å². The Bertz CT molecular complexity index is 913. The molecule has 2 rings (SSSR count). The minimum atomic E-state index is -4.35. The van der Waals surface area contributed by atoms with E-state index in [4.69, 9.17) is 0 Å². The van der Waals surface area contributed by atoms with Crippen LogP contribution >= 0.6 is 17.6 Å². The van der Waals surface area contributed by atoms with Crippen molar-refractivity contribution in [3.63, 3.8) is 0 Å². The fourth-order valence-electron chi connectivity index (χ4n) is 4.22. The summed E-state index contributed by atoms with van der Waals surface area (Å²) in [6.07, 6.45) is 1.36. The summed E-state index contributed by atoms with van der Waals surface area (Å²) in [5, 5.41) is 11.0. The first-order chi connectivity index (χ1) is 14.4. The molecule has 0 spiro atoms. The summed E-state index contributed by atoms with van der Waals surface area (Å²) in [4.78, 5) is 34.4. The van der Waals surface area contributed by atoms with Crippen LogP contribution in [-0.4, -0.2) is 55.8 Å². The zero-order chi connectivity index (χ0) is 24.7. The summed E-state index contributed by atoms with van der Waals surface area (Å²) in [7, 11) is -5.75. The molecule has 0 atom stereocenters. The van der Waals surface area contributed by atoms with Gasteiger partial charge in [-0.25, -0.2) is 10.0 Å². The highest BCUT2D eigenvalue weighted by molar-refractivity contribution is 8.37. The molecule has 32 heavy (non-hydrogen) atoms. The fourth-order valence-corrected chi connectivity index (χ4v) is 8.22. The van der Waals surface area contributed by atoms with Gasteiger partial charge in [0.2, 0.25) is 0 Å². The lowest BCUT2D eigenvalue weighted by Crippen LogP contribution is -2.43. The maximum Gasteiger partial charge on any atom is 0.344 e. The highest BCUT2D eigenvalue weighted by Gasteiger charge is 2.39. The number of phenolic OH excluding ortho intramolecular Hbond substituents is 1. The molecule has 1 saturated heterocycles. The Morgan fingerprint density at radius 1 is 1.03 bits per heavy atom. The van der Waals surface area contributed by atoms with Gasteiger partial charge in [-0.05, 0) is 51.9 Å². The van der Waals surface area contributed by atoms with Gasteiger partial charge in [-0.3, -0.25) is 9.36 Å². The fraction of sp³-hybridized carbons (Fsp3) is 0.625. The lowest BCUT2D eigenvalue weighted by molar-refractivity contribution is -0.125. The molecule has 3 N–H and O–H groups in total. The molecule has 1 fully saturated rings. The molecule has 6 nitrogen and oxygen atoms in total. The maximum atomic E-state index is 13.5. The predicted octanol–water partition coefficient (Wildman–Crippen LogP) is 5.15. The zero-order valence-corrected chi connectivity index (χ0v) is 22.4. The van der Waals surface area contributed by atoms with E-state index < -0.39 is 23.9 Å². The van der Waals surface area contributed by atoms with Crippen LogP contribution in [0.15, 0.2) is 17.0 Å². The molecule has 1 aromatic carbocycles. The summed E-state index contributed by atoms with van der Waals surface area (Å²) in [5.74, 6) is 2.45. The highest BCUT2D eigenvalue weighted by atomic mass is 32.3. The molecule has 1 heterocycles. The average molecular weight is 486 g/mol. The Hall–Kier alpha value is -1.27. The van der Waals surface area contributed by atoms with Crippen LogP contribution in [0.3, 0.4) is 0 Å². The molecule has 0 bridgehead atoms. The van der Waals surface area contributed by atoms with Gasteiger partial charge in [-0.1, -0.05) is 55.4 Å². The summed E-state index contributed by atoms with van der Waals surface area (Å²) in [5.41, 5.74) is 1.90. The summed E-state index contributed by atoms with van der Waals surface area (Å²) in [6.45, 7) is 16.8. The number of amides is 1. The largest absolute Gasteiger partial charge is 0.507 e. The number of nitrogens with zero attached hydrogens (tertiary/aromatic N) is 1. The molecule has 1 aromatic rings. The van der Waals surface area contributed by atoms with E-state index in [1.807, 2.05) is 59.8 Å². The Morgan fingerprint density at radius 2 is 1.50 bits per heavy atom. The molecule has 1 amide bonds. The summed E-state index contributed by atoms with van der Waals surface area (Å²) in [6, 6.07) is 3.89. The van der Waals surface area contributed by atoms with Crippen LogP contribution < -0.4 is 0 Å². The molecule has 0 saturated carbocycles. The molecule has 1 aliphatic rings. The third kappa shape index (κ3) is 5.80. The third-order valence-corrected chi connectivity index (χ3v) is 11.3. The van der Waals surface area contributed by atoms with Gasteiger partial charge >= 0.3 is 7.60 Å². The number of rotatable bonds is 5. The Balaban J connectivity index is 2.75. The van der Waals surface area contributed by atoms with Crippen molar-refractivity contribution in [2.24, 2.45) is 0 Å². The number of aromatic hydroxyl groups is 1. The van der Waals surface area contributed by atoms with E-state index in [0.717, 1.165) is 33.9 Å². The van der Waals surface area contributed by atoms with Crippen LogP contribution in [-0.2, 0) is 20.2 Å². The molecule has 0 unspecified atom stereocenters. The quantitative estimate of drug-likeness (QED) is 0.396. The molecule has 1 aliphatic heterocycles. The lowest BCUT2D eigenvalue weighted by atomic mass is 9.78. The topological polar surface area (TPSA) is 98.1 Å². The number of carbonyl (C=O) groups excluding carboxylic acids is 1. The normalized spacial score (nSPS) is 20.0. The maximum absolute atomic E-state index is 13.5. The van der Waals surface area contributed by atoms with E-state index in [9.17, 15) is 24.3 Å². The van der Waals surface area contributed by atoms with Gasteiger partial charge in [0, 0.05) is 17.7 Å². The molecule has 0 aliphatic carbocycles. The van der Waals surface area contributed by atoms with Crippen molar-refractivity contribution in [1.29, 1.82) is 0 Å². The minimum Gasteiger partial charge on any atom is -0.507 e. The van der Waals surface area contributed by atoms with E-state index in [2.05, 4.69) is 13.8 Å². The van der Waals surface area contributed by atoms with E-state index in [0.29, 0.717) is 11.4 Å². The monoisotopic (exact) mass is 485 g/mol. The van der Waals surface area contributed by atoms with Gasteiger partial charge in [0.05, 0.1) is 4.91 Å². The molecular formula is C24H40NO5PS. The minimum absolute atomic E-state index is 0.277. The molecular weight excluding hydrogens is 445 g/mol. The van der Waals surface area contributed by atoms with E-state index in [1.165, 1.54) is 4.90 Å². The number of hydrogen-bond donors (Lipinski definition) is 3. The molecule has 0 radical (unpaired) electrons.